The molecule has 2 atom stereocenters. The monoisotopic (exact) mass is 333 g/mol. The van der Waals surface area contributed by atoms with Crippen molar-refractivity contribution in [2.45, 2.75) is 32.0 Å². The molecule has 3 rings (SSSR count). The Balaban J connectivity index is 1.66. The van der Waals surface area contributed by atoms with Crippen LogP contribution in [0.3, 0.4) is 0 Å². The molecule has 0 aromatic heterocycles. The Bertz CT molecular complexity index is 519. The fraction of sp³-hybridized carbons (Fsp3) is 0.684. The Morgan fingerprint density at radius 2 is 1.96 bits per heavy atom. The Morgan fingerprint density at radius 1 is 1.21 bits per heavy atom. The molecule has 24 heavy (non-hydrogen) atoms. The summed E-state index contributed by atoms with van der Waals surface area (Å²) in [5, 5.41) is 10.6. The van der Waals surface area contributed by atoms with Gasteiger partial charge in [0, 0.05) is 58.0 Å². The lowest BCUT2D eigenvalue weighted by molar-refractivity contribution is 0.00236. The van der Waals surface area contributed by atoms with Crippen molar-refractivity contribution in [2.75, 3.05) is 57.9 Å². The van der Waals surface area contributed by atoms with E-state index in [9.17, 15) is 5.11 Å². The summed E-state index contributed by atoms with van der Waals surface area (Å²) in [6, 6.07) is 9.11. The zero-order valence-electron chi connectivity index (χ0n) is 15.0. The van der Waals surface area contributed by atoms with Gasteiger partial charge in [0.25, 0.3) is 0 Å². The molecule has 0 saturated carbocycles. The Hall–Kier alpha value is -1.14. The van der Waals surface area contributed by atoms with Gasteiger partial charge in [0.2, 0.25) is 0 Å². The van der Waals surface area contributed by atoms with Crippen LogP contribution >= 0.6 is 0 Å². The lowest BCUT2D eigenvalue weighted by atomic mass is 10.1. The van der Waals surface area contributed by atoms with Crippen LogP contribution in [-0.2, 0) is 11.3 Å². The van der Waals surface area contributed by atoms with Crippen molar-refractivity contribution in [3.8, 4) is 0 Å². The van der Waals surface area contributed by atoms with Gasteiger partial charge < -0.3 is 14.7 Å². The van der Waals surface area contributed by atoms with E-state index in [1.807, 2.05) is 0 Å². The summed E-state index contributed by atoms with van der Waals surface area (Å²) in [5.74, 6) is 0. The Kier molecular flexibility index (Phi) is 6.11. The summed E-state index contributed by atoms with van der Waals surface area (Å²) in [5.41, 5.74) is 2.68. The maximum Gasteiger partial charge on any atom is 0.0794 e. The minimum absolute atomic E-state index is 0.312. The average Bonchev–Trinajstić information content (AvgIpc) is 2.72. The molecule has 1 aromatic carbocycles. The molecule has 0 spiro atoms. The third-order valence-electron chi connectivity index (χ3n) is 5.27. The second-order valence-corrected chi connectivity index (χ2v) is 7.07. The van der Waals surface area contributed by atoms with Crippen LogP contribution in [-0.4, -0.2) is 80.0 Å². The number of rotatable bonds is 5. The van der Waals surface area contributed by atoms with Gasteiger partial charge in [-0.05, 0) is 18.1 Å². The smallest absolute Gasteiger partial charge is 0.0794 e. The predicted octanol–water partition coefficient (Wildman–Crippen LogP) is 1.41. The molecule has 2 unspecified atom stereocenters. The van der Waals surface area contributed by atoms with E-state index in [0.717, 1.165) is 58.9 Å². The first kappa shape index (κ1) is 17.7. The number of nitrogens with zero attached hydrogens (tertiary/aromatic N) is 3. The molecule has 2 heterocycles. The van der Waals surface area contributed by atoms with Crippen LogP contribution in [0.25, 0.3) is 0 Å². The van der Waals surface area contributed by atoms with Gasteiger partial charge in [0.1, 0.15) is 0 Å². The van der Waals surface area contributed by atoms with Crippen LogP contribution in [0, 0.1) is 0 Å². The zero-order chi connectivity index (χ0) is 16.9. The lowest BCUT2D eigenvalue weighted by Crippen LogP contribution is -2.48. The summed E-state index contributed by atoms with van der Waals surface area (Å²) in [4.78, 5) is 7.14. The zero-order valence-corrected chi connectivity index (χ0v) is 15.0. The van der Waals surface area contributed by atoms with Gasteiger partial charge in [-0.25, -0.2) is 0 Å². The van der Waals surface area contributed by atoms with Crippen molar-refractivity contribution < 1.29 is 9.84 Å². The highest BCUT2D eigenvalue weighted by Crippen LogP contribution is 2.27. The van der Waals surface area contributed by atoms with Crippen molar-refractivity contribution in [3.05, 3.63) is 29.8 Å². The molecule has 5 nitrogen and oxygen atoms in total. The molecule has 1 aromatic rings. The SMILES string of the molecule is CCC1CN(C)c2ccccc2CN1CC(O)CN1CCOCC1. The maximum absolute atomic E-state index is 10.6. The Labute approximate surface area is 145 Å². The fourth-order valence-electron chi connectivity index (χ4n) is 3.91. The number of morpholine rings is 1. The van der Waals surface area contributed by atoms with Crippen molar-refractivity contribution >= 4 is 5.69 Å². The molecule has 134 valence electrons. The number of β-amino-alcohol motifs (C(OH)–C–C–N with tert-alkyl or cyclic N) is 1. The first-order chi connectivity index (χ1) is 11.7. The number of likely N-dealkylation sites (N-methyl/N-ethyl adjacent to an activating group) is 1. The minimum Gasteiger partial charge on any atom is -0.390 e. The number of fused-ring (bicyclic) bond motifs is 1. The standard InChI is InChI=1S/C19H31N3O2/c1-3-17-13-20(2)19-7-5-4-6-16(19)12-22(17)15-18(23)14-21-8-10-24-11-9-21/h4-7,17-18,23H,3,8-15H2,1-2H3. The van der Waals surface area contributed by atoms with Crippen molar-refractivity contribution in [2.24, 2.45) is 0 Å². The summed E-state index contributed by atoms with van der Waals surface area (Å²) in [7, 11) is 2.18. The summed E-state index contributed by atoms with van der Waals surface area (Å²) in [6.45, 7) is 9.08. The minimum atomic E-state index is -0.312. The van der Waals surface area contributed by atoms with E-state index in [0.29, 0.717) is 6.04 Å². The predicted molar refractivity (Wildman–Crippen MR) is 97.5 cm³/mol. The molecule has 0 aliphatic carbocycles. The maximum atomic E-state index is 10.6. The molecule has 1 fully saturated rings. The molecular formula is C19H31N3O2. The Morgan fingerprint density at radius 3 is 2.71 bits per heavy atom. The molecule has 1 N–H and O–H groups in total. The van der Waals surface area contributed by atoms with Crippen molar-refractivity contribution in [1.29, 1.82) is 0 Å². The van der Waals surface area contributed by atoms with Crippen LogP contribution in [0.2, 0.25) is 0 Å². The molecule has 0 amide bonds. The van der Waals surface area contributed by atoms with Crippen LogP contribution in [0.15, 0.2) is 24.3 Å². The summed E-state index contributed by atoms with van der Waals surface area (Å²) in [6.07, 6.45) is 0.788. The normalized spacial score (nSPS) is 24.5. The van der Waals surface area contributed by atoms with Crippen LogP contribution in [0.5, 0.6) is 0 Å². The van der Waals surface area contributed by atoms with E-state index < -0.39 is 0 Å². The molecule has 2 aliphatic rings. The lowest BCUT2D eigenvalue weighted by Gasteiger charge is -2.34. The van der Waals surface area contributed by atoms with E-state index >= 15 is 0 Å². The molecule has 0 radical (unpaired) electrons. The molecule has 1 saturated heterocycles. The second-order valence-electron chi connectivity index (χ2n) is 7.07. The molecule has 0 bridgehead atoms. The van der Waals surface area contributed by atoms with E-state index in [1.165, 1.54) is 11.3 Å². The third-order valence-corrected chi connectivity index (χ3v) is 5.27. The number of aliphatic hydroxyl groups is 1. The quantitative estimate of drug-likeness (QED) is 0.882. The van der Waals surface area contributed by atoms with Gasteiger partial charge in [-0.1, -0.05) is 25.1 Å². The topological polar surface area (TPSA) is 39.2 Å². The van der Waals surface area contributed by atoms with E-state index in [4.69, 9.17) is 4.74 Å². The third kappa shape index (κ3) is 4.28. The van der Waals surface area contributed by atoms with Gasteiger partial charge in [0.05, 0.1) is 19.3 Å². The first-order valence-corrected chi connectivity index (χ1v) is 9.18. The number of ether oxygens (including phenoxy) is 1. The number of aliphatic hydroxyl groups excluding tert-OH is 1. The molecule has 2 aliphatic heterocycles. The van der Waals surface area contributed by atoms with Crippen LogP contribution in [0.4, 0.5) is 5.69 Å². The van der Waals surface area contributed by atoms with Gasteiger partial charge in [-0.15, -0.1) is 0 Å². The van der Waals surface area contributed by atoms with E-state index in [-0.39, 0.29) is 6.10 Å². The molecule has 5 heteroatoms. The van der Waals surface area contributed by atoms with Crippen LogP contribution in [0.1, 0.15) is 18.9 Å². The number of hydrogen-bond donors (Lipinski definition) is 1. The summed E-state index contributed by atoms with van der Waals surface area (Å²) >= 11 is 0. The number of para-hydroxylation sites is 1. The van der Waals surface area contributed by atoms with Gasteiger partial charge >= 0.3 is 0 Å². The summed E-state index contributed by atoms with van der Waals surface area (Å²) < 4.78 is 5.39. The fourth-order valence-corrected chi connectivity index (χ4v) is 3.91. The highest BCUT2D eigenvalue weighted by atomic mass is 16.5. The molecular weight excluding hydrogens is 302 g/mol. The van der Waals surface area contributed by atoms with E-state index in [2.05, 4.69) is 52.9 Å². The average molecular weight is 333 g/mol. The van der Waals surface area contributed by atoms with Crippen molar-refractivity contribution in [1.82, 2.24) is 9.80 Å². The number of benzene rings is 1. The highest BCUT2D eigenvalue weighted by Gasteiger charge is 2.27. The number of hydrogen-bond acceptors (Lipinski definition) is 5. The van der Waals surface area contributed by atoms with E-state index in [1.54, 1.807) is 0 Å². The van der Waals surface area contributed by atoms with Gasteiger partial charge in [-0.2, -0.15) is 0 Å². The highest BCUT2D eigenvalue weighted by molar-refractivity contribution is 5.54. The van der Waals surface area contributed by atoms with Gasteiger partial charge in [-0.3, -0.25) is 9.80 Å². The van der Waals surface area contributed by atoms with Crippen molar-refractivity contribution in [3.63, 3.8) is 0 Å². The van der Waals surface area contributed by atoms with Gasteiger partial charge in [0.15, 0.2) is 0 Å². The second kappa shape index (κ2) is 8.30. The van der Waals surface area contributed by atoms with Crippen LogP contribution < -0.4 is 4.90 Å². The first-order valence-electron chi connectivity index (χ1n) is 9.18. The number of anilines is 1. The largest absolute Gasteiger partial charge is 0.390 e.